The molecule has 0 spiro atoms. The average molecular weight is 405 g/mol. The van der Waals surface area contributed by atoms with Gasteiger partial charge in [0.2, 0.25) is 0 Å². The van der Waals surface area contributed by atoms with Crippen LogP contribution in [0.5, 0.6) is 0 Å². The van der Waals surface area contributed by atoms with E-state index in [2.05, 4.69) is 51.8 Å². The fourth-order valence-electron chi connectivity index (χ4n) is 2.98. The molecule has 0 fully saturated rings. The second kappa shape index (κ2) is 9.70. The second-order valence-electron chi connectivity index (χ2n) is 7.99. The summed E-state index contributed by atoms with van der Waals surface area (Å²) in [6.07, 6.45) is -0.165. The lowest BCUT2D eigenvalue weighted by Crippen LogP contribution is -2.41. The van der Waals surface area contributed by atoms with E-state index in [1.165, 1.54) is 0 Å². The van der Waals surface area contributed by atoms with Gasteiger partial charge in [0.15, 0.2) is 8.32 Å². The van der Waals surface area contributed by atoms with Gasteiger partial charge in [-0.15, -0.1) is 0 Å². The lowest BCUT2D eigenvalue weighted by Gasteiger charge is -2.34. The van der Waals surface area contributed by atoms with Crippen molar-refractivity contribution in [3.8, 4) is 0 Å². The van der Waals surface area contributed by atoms with E-state index < -0.39 is 8.32 Å². The molecule has 0 radical (unpaired) electrons. The van der Waals surface area contributed by atoms with Gasteiger partial charge in [-0.25, -0.2) is 4.98 Å². The number of nitrogens with zero attached hydrogens (tertiary/aromatic N) is 1. The summed E-state index contributed by atoms with van der Waals surface area (Å²) in [6.45, 7) is 16.8. The highest BCUT2D eigenvalue weighted by Gasteiger charge is 2.34. The first-order valence-corrected chi connectivity index (χ1v) is 12.6. The number of pyridine rings is 1. The molecular weight excluding hydrogens is 371 g/mol. The van der Waals surface area contributed by atoms with Crippen molar-refractivity contribution in [1.29, 1.82) is 0 Å². The van der Waals surface area contributed by atoms with Gasteiger partial charge in [0, 0.05) is 24.3 Å². The third-order valence-electron chi connectivity index (χ3n) is 4.72. The maximum Gasteiger partial charge on any atom is 0.192 e. The minimum absolute atomic E-state index is 0.165. The Morgan fingerprint density at radius 3 is 2.16 bits per heavy atom. The minimum Gasteiger partial charge on any atom is -0.408 e. The first-order valence-electron chi connectivity index (χ1n) is 9.28. The summed E-state index contributed by atoms with van der Waals surface area (Å²) < 4.78 is 6.76. The number of hydrogen-bond acceptors (Lipinski definition) is 3. The molecule has 0 saturated heterocycles. The van der Waals surface area contributed by atoms with Crippen molar-refractivity contribution in [3.05, 3.63) is 27.5 Å². The van der Waals surface area contributed by atoms with Crippen LogP contribution < -0.4 is 5.32 Å². The van der Waals surface area contributed by atoms with Crippen molar-refractivity contribution in [1.82, 2.24) is 10.3 Å². The molecule has 0 aliphatic heterocycles. The zero-order valence-electron chi connectivity index (χ0n) is 16.8. The highest BCUT2D eigenvalue weighted by Crippen LogP contribution is 2.36. The number of hydrogen-bond donors (Lipinski definition) is 1. The van der Waals surface area contributed by atoms with E-state index in [0.717, 1.165) is 35.9 Å². The molecule has 0 aliphatic rings. The zero-order valence-corrected chi connectivity index (χ0v) is 19.3. The van der Waals surface area contributed by atoms with Crippen LogP contribution >= 0.6 is 23.2 Å². The standard InChI is InChI=1S/C19H34Cl2N2OSi/c1-8-25(9-2,10-3)24-16(12-22-13-19(5,6)7)17-15(20)11-14(4)23-18(17)21/h11,16,22H,8-10,12-13H2,1-7H3. The second-order valence-corrected chi connectivity index (χ2v) is 13.5. The van der Waals surface area contributed by atoms with E-state index in [0.29, 0.717) is 16.7 Å². The lowest BCUT2D eigenvalue weighted by atomic mass is 9.97. The Hall–Kier alpha value is -0.133. The molecule has 1 rings (SSSR count). The van der Waals surface area contributed by atoms with Gasteiger partial charge in [-0.1, -0.05) is 64.7 Å². The van der Waals surface area contributed by atoms with Gasteiger partial charge < -0.3 is 9.74 Å². The largest absolute Gasteiger partial charge is 0.408 e. The highest BCUT2D eigenvalue weighted by atomic mass is 35.5. The van der Waals surface area contributed by atoms with Gasteiger partial charge in [0.25, 0.3) is 0 Å². The van der Waals surface area contributed by atoms with Crippen LogP contribution in [0.25, 0.3) is 0 Å². The zero-order chi connectivity index (χ0) is 19.3. The molecular formula is C19H34Cl2N2OSi. The quantitative estimate of drug-likeness (QED) is 0.381. The Morgan fingerprint density at radius 2 is 1.72 bits per heavy atom. The summed E-state index contributed by atoms with van der Waals surface area (Å²) in [5.74, 6) is 0. The number of aromatic nitrogens is 1. The molecule has 0 aromatic carbocycles. The predicted molar refractivity (Wildman–Crippen MR) is 112 cm³/mol. The number of halogens is 2. The Kier molecular flexibility index (Phi) is 8.89. The van der Waals surface area contributed by atoms with Gasteiger partial charge in [-0.3, -0.25) is 0 Å². The fraction of sp³-hybridized carbons (Fsp3) is 0.737. The van der Waals surface area contributed by atoms with Crippen molar-refractivity contribution in [2.45, 2.75) is 72.7 Å². The van der Waals surface area contributed by atoms with E-state index >= 15 is 0 Å². The van der Waals surface area contributed by atoms with Crippen LogP contribution in [0.4, 0.5) is 0 Å². The molecule has 0 aliphatic carbocycles. The molecule has 1 atom stereocenters. The number of nitrogens with one attached hydrogen (secondary N) is 1. The Morgan fingerprint density at radius 1 is 1.16 bits per heavy atom. The maximum absolute atomic E-state index is 6.76. The molecule has 1 aromatic heterocycles. The van der Waals surface area contributed by atoms with Crippen molar-refractivity contribution in [3.63, 3.8) is 0 Å². The van der Waals surface area contributed by atoms with Gasteiger partial charge in [-0.2, -0.15) is 0 Å². The van der Waals surface area contributed by atoms with E-state index in [9.17, 15) is 0 Å². The normalized spacial score (nSPS) is 14.0. The Bertz CT molecular complexity index is 526. The molecule has 0 amide bonds. The Labute approximate surface area is 165 Å². The van der Waals surface area contributed by atoms with Crippen LogP contribution in [0.15, 0.2) is 6.07 Å². The third-order valence-corrected chi connectivity index (χ3v) is 9.97. The van der Waals surface area contributed by atoms with Crippen LogP contribution in [0.3, 0.4) is 0 Å². The fourth-order valence-corrected chi connectivity index (χ4v) is 6.56. The molecule has 1 unspecified atom stereocenters. The highest BCUT2D eigenvalue weighted by molar-refractivity contribution is 6.73. The number of rotatable bonds is 9. The molecule has 3 nitrogen and oxygen atoms in total. The van der Waals surface area contributed by atoms with Crippen LogP contribution in [0.2, 0.25) is 28.3 Å². The summed E-state index contributed by atoms with van der Waals surface area (Å²) in [5, 5.41) is 4.64. The monoisotopic (exact) mass is 404 g/mol. The minimum atomic E-state index is -1.80. The van der Waals surface area contributed by atoms with Crippen LogP contribution in [-0.2, 0) is 4.43 Å². The van der Waals surface area contributed by atoms with Crippen LogP contribution in [-0.4, -0.2) is 26.4 Å². The summed E-state index contributed by atoms with van der Waals surface area (Å²) >= 11 is 13.0. The molecule has 0 bridgehead atoms. The molecule has 1 aromatic rings. The van der Waals surface area contributed by atoms with E-state index in [1.54, 1.807) is 0 Å². The van der Waals surface area contributed by atoms with E-state index in [1.807, 2.05) is 13.0 Å². The van der Waals surface area contributed by atoms with Crippen molar-refractivity contribution >= 4 is 31.5 Å². The van der Waals surface area contributed by atoms with Crippen LogP contribution in [0, 0.1) is 12.3 Å². The SMILES string of the molecule is CC[Si](CC)(CC)OC(CNCC(C)(C)C)c1c(Cl)cc(C)nc1Cl. The smallest absolute Gasteiger partial charge is 0.192 e. The molecule has 1 N–H and O–H groups in total. The first-order chi connectivity index (χ1) is 11.6. The van der Waals surface area contributed by atoms with E-state index in [-0.39, 0.29) is 11.5 Å². The Balaban J connectivity index is 3.15. The van der Waals surface area contributed by atoms with Crippen molar-refractivity contribution < 1.29 is 4.43 Å². The average Bonchev–Trinajstić information content (AvgIpc) is 2.50. The molecule has 1 heterocycles. The maximum atomic E-state index is 6.76. The van der Waals surface area contributed by atoms with Gasteiger partial charge in [-0.05, 0) is 36.5 Å². The van der Waals surface area contributed by atoms with Crippen molar-refractivity contribution in [2.24, 2.45) is 5.41 Å². The summed E-state index contributed by atoms with van der Waals surface area (Å²) in [6, 6.07) is 5.13. The van der Waals surface area contributed by atoms with Gasteiger partial charge in [0.05, 0.1) is 11.1 Å². The van der Waals surface area contributed by atoms with Crippen molar-refractivity contribution in [2.75, 3.05) is 13.1 Å². The summed E-state index contributed by atoms with van der Waals surface area (Å²) in [4.78, 5) is 4.41. The summed E-state index contributed by atoms with van der Waals surface area (Å²) in [7, 11) is -1.80. The topological polar surface area (TPSA) is 34.1 Å². The van der Waals surface area contributed by atoms with Crippen LogP contribution in [0.1, 0.15) is 58.9 Å². The summed E-state index contributed by atoms with van der Waals surface area (Å²) in [5.41, 5.74) is 1.85. The van der Waals surface area contributed by atoms with E-state index in [4.69, 9.17) is 27.6 Å². The molecule has 6 heteroatoms. The molecule has 144 valence electrons. The molecule has 0 saturated carbocycles. The first kappa shape index (κ1) is 22.9. The lowest BCUT2D eigenvalue weighted by molar-refractivity contribution is 0.180. The third kappa shape index (κ3) is 6.83. The van der Waals surface area contributed by atoms with Gasteiger partial charge in [0.1, 0.15) is 5.15 Å². The predicted octanol–water partition coefficient (Wildman–Crippen LogP) is 6.40. The molecule has 25 heavy (non-hydrogen) atoms. The van der Waals surface area contributed by atoms with Gasteiger partial charge >= 0.3 is 0 Å². The number of aryl methyl sites for hydroxylation is 1.